The van der Waals surface area contributed by atoms with Crippen LogP contribution in [-0.4, -0.2) is 29.0 Å². The predicted octanol–water partition coefficient (Wildman–Crippen LogP) is 6.66. The van der Waals surface area contributed by atoms with Gasteiger partial charge in [-0.2, -0.15) is 0 Å². The van der Waals surface area contributed by atoms with Crippen molar-refractivity contribution in [3.05, 3.63) is 103 Å². The Balaban J connectivity index is 2.08. The van der Waals surface area contributed by atoms with E-state index in [1.807, 2.05) is 0 Å². The molecule has 1 N–H and O–H groups in total. The third kappa shape index (κ3) is 3.90. The molecule has 1 aliphatic rings. The van der Waals surface area contributed by atoms with E-state index in [0.717, 1.165) is 0 Å². The van der Waals surface area contributed by atoms with Gasteiger partial charge < -0.3 is 9.84 Å². The number of hydrogen-bond donors (Lipinski definition) is 1. The highest BCUT2D eigenvalue weighted by atomic mass is 79.9. The van der Waals surface area contributed by atoms with Crippen molar-refractivity contribution in [2.75, 3.05) is 7.11 Å². The summed E-state index contributed by atoms with van der Waals surface area (Å²) in [5.41, 5.74) is -0.752. The maximum absolute atomic E-state index is 15.6. The lowest BCUT2D eigenvalue weighted by Gasteiger charge is -2.44. The van der Waals surface area contributed by atoms with Gasteiger partial charge >= 0.3 is 5.97 Å². The molecule has 2 unspecified atom stereocenters. The minimum absolute atomic E-state index is 0.00192. The summed E-state index contributed by atoms with van der Waals surface area (Å²) < 4.78 is 21.9. The molecule has 0 spiro atoms. The minimum Gasteiger partial charge on any atom is -0.481 e. The number of methoxy groups -OCH3 is 1. The molecular weight excluding hydrogens is 548 g/mol. The number of carbonyl (C=O) groups excluding carboxylic acids is 1. The highest BCUT2D eigenvalue weighted by molar-refractivity contribution is 9.10. The van der Waals surface area contributed by atoms with Gasteiger partial charge in [0, 0.05) is 27.2 Å². The van der Waals surface area contributed by atoms with Gasteiger partial charge in [-0.3, -0.25) is 14.5 Å². The van der Waals surface area contributed by atoms with Crippen molar-refractivity contribution in [2.45, 2.75) is 18.7 Å². The van der Waals surface area contributed by atoms with Crippen molar-refractivity contribution in [1.29, 1.82) is 0 Å². The second kappa shape index (κ2) is 9.30. The second-order valence-corrected chi connectivity index (χ2v) is 9.75. The van der Waals surface area contributed by atoms with Crippen LogP contribution in [0, 0.1) is 11.7 Å². The first-order valence-electron chi connectivity index (χ1n) is 10.2. The van der Waals surface area contributed by atoms with Crippen LogP contribution in [0.25, 0.3) is 0 Å². The van der Waals surface area contributed by atoms with Crippen LogP contribution in [0.5, 0.6) is 0 Å². The summed E-state index contributed by atoms with van der Waals surface area (Å²) in [7, 11) is 1.36. The molecule has 0 radical (unpaired) electrons. The molecule has 3 aromatic rings. The highest BCUT2D eigenvalue weighted by Crippen LogP contribution is 2.52. The molecular formula is C25H19BrCl2FNO4. The molecule has 34 heavy (non-hydrogen) atoms. The molecule has 1 aliphatic heterocycles. The number of nitrogens with zero attached hydrogens (tertiary/aromatic N) is 1. The summed E-state index contributed by atoms with van der Waals surface area (Å²) in [6.45, 7) is 1.49. The predicted molar refractivity (Wildman–Crippen MR) is 131 cm³/mol. The largest absolute Gasteiger partial charge is 0.481 e. The van der Waals surface area contributed by atoms with Gasteiger partial charge in [-0.05, 0) is 48.9 Å². The second-order valence-electron chi connectivity index (χ2n) is 7.96. The van der Waals surface area contributed by atoms with Crippen LogP contribution < -0.4 is 0 Å². The van der Waals surface area contributed by atoms with Crippen molar-refractivity contribution in [1.82, 2.24) is 4.90 Å². The molecule has 0 fully saturated rings. The van der Waals surface area contributed by atoms with E-state index in [1.54, 1.807) is 48.5 Å². The Hall–Kier alpha value is -2.45. The Morgan fingerprint density at radius 3 is 2.18 bits per heavy atom. The topological polar surface area (TPSA) is 66.8 Å². The molecule has 0 saturated carbocycles. The van der Waals surface area contributed by atoms with Gasteiger partial charge in [-0.25, -0.2) is 4.39 Å². The van der Waals surface area contributed by atoms with Crippen molar-refractivity contribution < 1.29 is 23.8 Å². The van der Waals surface area contributed by atoms with Crippen molar-refractivity contribution in [3.63, 3.8) is 0 Å². The normalized spacial score (nSPS) is 19.1. The third-order valence-electron chi connectivity index (χ3n) is 6.07. The van der Waals surface area contributed by atoms with E-state index in [0.29, 0.717) is 25.6 Å². The van der Waals surface area contributed by atoms with Crippen LogP contribution in [0.3, 0.4) is 0 Å². The number of carbonyl (C=O) groups is 2. The molecule has 0 bridgehead atoms. The number of aliphatic carboxylic acids is 1. The Morgan fingerprint density at radius 1 is 1.09 bits per heavy atom. The summed E-state index contributed by atoms with van der Waals surface area (Å²) in [5.74, 6) is -3.45. The van der Waals surface area contributed by atoms with E-state index in [1.165, 1.54) is 31.1 Å². The quantitative estimate of drug-likeness (QED) is 0.362. The zero-order valence-corrected chi connectivity index (χ0v) is 21.2. The van der Waals surface area contributed by atoms with Crippen LogP contribution in [0.1, 0.15) is 40.0 Å². The van der Waals surface area contributed by atoms with Crippen LogP contribution >= 0.6 is 39.1 Å². The van der Waals surface area contributed by atoms with Gasteiger partial charge in [0.1, 0.15) is 5.82 Å². The Labute approximate surface area is 214 Å². The first-order chi connectivity index (χ1) is 16.1. The summed E-state index contributed by atoms with van der Waals surface area (Å²) in [4.78, 5) is 27.5. The monoisotopic (exact) mass is 565 g/mol. The zero-order valence-electron chi connectivity index (χ0n) is 18.1. The van der Waals surface area contributed by atoms with Crippen LogP contribution in [0.2, 0.25) is 10.0 Å². The number of ether oxygens (including phenoxy) is 1. The van der Waals surface area contributed by atoms with Gasteiger partial charge in [0.15, 0.2) is 5.72 Å². The lowest BCUT2D eigenvalue weighted by molar-refractivity contribution is -0.149. The molecule has 0 aliphatic carbocycles. The molecule has 3 aromatic carbocycles. The van der Waals surface area contributed by atoms with Crippen LogP contribution in [-0.2, 0) is 15.3 Å². The summed E-state index contributed by atoms with van der Waals surface area (Å²) in [6.07, 6.45) is 0. The number of benzene rings is 3. The Bertz CT molecular complexity index is 1270. The van der Waals surface area contributed by atoms with Gasteiger partial charge in [-0.1, -0.05) is 63.4 Å². The van der Waals surface area contributed by atoms with E-state index in [9.17, 15) is 14.7 Å². The van der Waals surface area contributed by atoms with E-state index in [-0.39, 0.29) is 11.1 Å². The van der Waals surface area contributed by atoms with Gasteiger partial charge in [0.05, 0.1) is 23.1 Å². The lowest BCUT2D eigenvalue weighted by Crippen LogP contribution is -2.51. The van der Waals surface area contributed by atoms with Gasteiger partial charge in [0.2, 0.25) is 0 Å². The number of rotatable bonds is 6. The fourth-order valence-electron chi connectivity index (χ4n) is 4.54. The lowest BCUT2D eigenvalue weighted by atomic mass is 9.88. The molecule has 4 rings (SSSR count). The smallest absolute Gasteiger partial charge is 0.308 e. The molecule has 0 saturated heterocycles. The zero-order chi connectivity index (χ0) is 24.8. The van der Waals surface area contributed by atoms with E-state index in [2.05, 4.69) is 15.9 Å². The number of fused-ring (bicyclic) bond motifs is 1. The van der Waals surface area contributed by atoms with Crippen LogP contribution in [0.15, 0.2) is 65.1 Å². The molecule has 176 valence electrons. The first-order valence-corrected chi connectivity index (χ1v) is 11.8. The van der Waals surface area contributed by atoms with E-state index >= 15 is 4.39 Å². The molecule has 9 heteroatoms. The van der Waals surface area contributed by atoms with Crippen LogP contribution in [0.4, 0.5) is 4.39 Å². The standard InChI is InChI=1S/C25H19BrCl2FNO4/c1-13(24(32)33)22(14-3-7-17(27)8-4-14)30-23(31)19-11-16(26)12-20(29)21(19)25(30,34-2)15-5-9-18(28)10-6-15/h3-13,22H,1-2H3,(H,32,33)/t13?,22?,25-/m0/s1. The molecule has 0 aromatic heterocycles. The molecule has 1 heterocycles. The summed E-state index contributed by atoms with van der Waals surface area (Å²) in [5, 5.41) is 10.9. The fraction of sp³-hybridized carbons (Fsp3) is 0.200. The number of hydrogen-bond acceptors (Lipinski definition) is 3. The number of amides is 1. The maximum Gasteiger partial charge on any atom is 0.308 e. The highest BCUT2D eigenvalue weighted by Gasteiger charge is 2.57. The van der Waals surface area contributed by atoms with E-state index in [4.69, 9.17) is 27.9 Å². The average Bonchev–Trinajstić information content (AvgIpc) is 3.05. The number of halogens is 4. The molecule has 5 nitrogen and oxygen atoms in total. The number of carboxylic acid groups (broad SMARTS) is 1. The average molecular weight is 567 g/mol. The molecule has 1 amide bonds. The molecule has 3 atom stereocenters. The van der Waals surface area contributed by atoms with Crippen molar-refractivity contribution >= 4 is 51.0 Å². The third-order valence-corrected chi connectivity index (χ3v) is 7.03. The Kier molecular flexibility index (Phi) is 6.75. The van der Waals surface area contributed by atoms with Crippen molar-refractivity contribution in [3.8, 4) is 0 Å². The van der Waals surface area contributed by atoms with Gasteiger partial charge in [-0.15, -0.1) is 0 Å². The summed E-state index contributed by atoms with van der Waals surface area (Å²) in [6, 6.07) is 14.7. The van der Waals surface area contributed by atoms with Crippen molar-refractivity contribution in [2.24, 2.45) is 5.92 Å². The Morgan fingerprint density at radius 2 is 1.65 bits per heavy atom. The minimum atomic E-state index is -1.75. The first kappa shape index (κ1) is 24.7. The SMILES string of the molecule is CO[C@@]1(c2ccc(Cl)cc2)c2c(F)cc(Br)cc2C(=O)N1C(c1ccc(Cl)cc1)C(C)C(=O)O. The fourth-order valence-corrected chi connectivity index (χ4v) is 5.22. The summed E-state index contributed by atoms with van der Waals surface area (Å²) >= 11 is 15.4. The maximum atomic E-state index is 15.6. The van der Waals surface area contributed by atoms with Gasteiger partial charge in [0.25, 0.3) is 5.91 Å². The van der Waals surface area contributed by atoms with E-state index < -0.39 is 35.4 Å². The number of carboxylic acids is 1.